The molecule has 0 aliphatic rings. The minimum Gasteiger partial charge on any atom is -0.497 e. The van der Waals surface area contributed by atoms with Crippen molar-refractivity contribution in [3.63, 3.8) is 0 Å². The molecule has 0 fully saturated rings. The van der Waals surface area contributed by atoms with Crippen molar-refractivity contribution in [3.05, 3.63) is 23.8 Å². The van der Waals surface area contributed by atoms with Crippen molar-refractivity contribution >= 4 is 5.91 Å². The van der Waals surface area contributed by atoms with Gasteiger partial charge >= 0.3 is 0 Å². The van der Waals surface area contributed by atoms with Crippen LogP contribution in [0.1, 0.15) is 16.8 Å². The molecule has 1 rings (SSSR count). The van der Waals surface area contributed by atoms with Gasteiger partial charge in [-0.15, -0.1) is 0 Å². The number of carbonyl (C=O) groups excluding carboxylic acids is 1. The van der Waals surface area contributed by atoms with E-state index >= 15 is 0 Å². The first-order chi connectivity index (χ1) is 8.22. The first kappa shape index (κ1) is 13.3. The van der Waals surface area contributed by atoms with Gasteiger partial charge in [-0.1, -0.05) is 0 Å². The van der Waals surface area contributed by atoms with Crippen LogP contribution in [0, 0.1) is 0 Å². The van der Waals surface area contributed by atoms with E-state index in [9.17, 15) is 4.79 Å². The van der Waals surface area contributed by atoms with Crippen LogP contribution < -0.4 is 14.8 Å². The molecule has 0 unspecified atom stereocenters. The molecule has 5 heteroatoms. The van der Waals surface area contributed by atoms with Crippen LogP contribution in [0.5, 0.6) is 11.5 Å². The van der Waals surface area contributed by atoms with Gasteiger partial charge in [-0.2, -0.15) is 0 Å². The first-order valence-electron chi connectivity index (χ1n) is 5.34. The predicted molar refractivity (Wildman–Crippen MR) is 63.6 cm³/mol. The summed E-state index contributed by atoms with van der Waals surface area (Å²) in [5, 5.41) is 11.3. The van der Waals surface area contributed by atoms with Crippen LogP contribution in [0.3, 0.4) is 0 Å². The summed E-state index contributed by atoms with van der Waals surface area (Å²) in [7, 11) is 3.04. The highest BCUT2D eigenvalue weighted by atomic mass is 16.5. The Kier molecular flexibility index (Phi) is 5.29. The number of benzene rings is 1. The van der Waals surface area contributed by atoms with E-state index in [1.165, 1.54) is 14.2 Å². The second-order valence-corrected chi connectivity index (χ2v) is 3.40. The lowest BCUT2D eigenvalue weighted by atomic mass is 10.1. The second kappa shape index (κ2) is 6.75. The van der Waals surface area contributed by atoms with Crippen LogP contribution in [0.2, 0.25) is 0 Å². The lowest BCUT2D eigenvalue weighted by molar-refractivity contribution is 0.0947. The summed E-state index contributed by atoms with van der Waals surface area (Å²) in [5.74, 6) is 0.847. The Morgan fingerprint density at radius 2 is 2.12 bits per heavy atom. The maximum atomic E-state index is 11.8. The Hall–Kier alpha value is -1.75. The number of aliphatic hydroxyl groups excluding tert-OH is 1. The zero-order chi connectivity index (χ0) is 12.7. The van der Waals surface area contributed by atoms with E-state index in [2.05, 4.69) is 5.32 Å². The lowest BCUT2D eigenvalue weighted by Gasteiger charge is -2.10. The minimum atomic E-state index is -0.241. The van der Waals surface area contributed by atoms with Crippen LogP contribution >= 0.6 is 0 Å². The van der Waals surface area contributed by atoms with Gasteiger partial charge in [0.25, 0.3) is 5.91 Å². The van der Waals surface area contributed by atoms with Gasteiger partial charge < -0.3 is 19.9 Å². The zero-order valence-corrected chi connectivity index (χ0v) is 10.0. The number of methoxy groups -OCH3 is 2. The van der Waals surface area contributed by atoms with E-state index in [1.807, 2.05) is 0 Å². The number of ether oxygens (including phenoxy) is 2. The molecule has 0 radical (unpaired) electrons. The lowest BCUT2D eigenvalue weighted by Crippen LogP contribution is -2.25. The van der Waals surface area contributed by atoms with E-state index < -0.39 is 0 Å². The predicted octanol–water partition coefficient (Wildman–Crippen LogP) is 0.816. The van der Waals surface area contributed by atoms with Gasteiger partial charge in [-0.05, 0) is 24.6 Å². The number of carbonyl (C=O) groups is 1. The van der Waals surface area contributed by atoms with Crippen LogP contribution in [0.4, 0.5) is 0 Å². The number of rotatable bonds is 6. The third-order valence-electron chi connectivity index (χ3n) is 2.27. The van der Waals surface area contributed by atoms with Crippen molar-refractivity contribution in [2.24, 2.45) is 0 Å². The van der Waals surface area contributed by atoms with Crippen molar-refractivity contribution in [1.82, 2.24) is 5.32 Å². The molecule has 0 bridgehead atoms. The van der Waals surface area contributed by atoms with Crippen molar-refractivity contribution < 1.29 is 19.4 Å². The van der Waals surface area contributed by atoms with Crippen LogP contribution in [0.15, 0.2) is 18.2 Å². The summed E-state index contributed by atoms with van der Waals surface area (Å²) in [5.41, 5.74) is 0.421. The quantitative estimate of drug-likeness (QED) is 0.721. The first-order valence-corrected chi connectivity index (χ1v) is 5.34. The molecule has 1 aromatic carbocycles. The normalized spacial score (nSPS) is 9.82. The third-order valence-corrected chi connectivity index (χ3v) is 2.27. The molecule has 1 aromatic rings. The largest absolute Gasteiger partial charge is 0.497 e. The van der Waals surface area contributed by atoms with Gasteiger partial charge in [0.2, 0.25) is 0 Å². The Balaban J connectivity index is 2.82. The van der Waals surface area contributed by atoms with Gasteiger partial charge in [0.15, 0.2) is 0 Å². The van der Waals surface area contributed by atoms with Gasteiger partial charge in [0, 0.05) is 13.2 Å². The molecule has 0 aliphatic heterocycles. The molecule has 5 nitrogen and oxygen atoms in total. The Bertz CT molecular complexity index is 379. The van der Waals surface area contributed by atoms with E-state index in [1.54, 1.807) is 18.2 Å². The highest BCUT2D eigenvalue weighted by Gasteiger charge is 2.12. The smallest absolute Gasteiger partial charge is 0.255 e. The standard InChI is InChI=1S/C12H17NO4/c1-16-9-4-5-11(17-2)10(8-9)12(15)13-6-3-7-14/h4-5,8,14H,3,6-7H2,1-2H3,(H,13,15). The van der Waals surface area contributed by atoms with Crippen LogP contribution in [-0.2, 0) is 0 Å². The van der Waals surface area contributed by atoms with Gasteiger partial charge in [0.1, 0.15) is 11.5 Å². The minimum absolute atomic E-state index is 0.0511. The summed E-state index contributed by atoms with van der Waals surface area (Å²) in [6.07, 6.45) is 0.526. The van der Waals surface area contributed by atoms with Crippen molar-refractivity contribution in [3.8, 4) is 11.5 Å². The molecule has 0 saturated carbocycles. The highest BCUT2D eigenvalue weighted by molar-refractivity contribution is 5.97. The fourth-order valence-corrected chi connectivity index (χ4v) is 1.37. The van der Waals surface area contributed by atoms with E-state index in [4.69, 9.17) is 14.6 Å². The number of amides is 1. The van der Waals surface area contributed by atoms with Gasteiger partial charge in [-0.3, -0.25) is 4.79 Å². The van der Waals surface area contributed by atoms with Crippen molar-refractivity contribution in [1.29, 1.82) is 0 Å². The second-order valence-electron chi connectivity index (χ2n) is 3.40. The number of hydrogen-bond acceptors (Lipinski definition) is 4. The molecule has 0 saturated heterocycles. The molecule has 17 heavy (non-hydrogen) atoms. The molecule has 0 aromatic heterocycles. The molecule has 1 amide bonds. The summed E-state index contributed by atoms with van der Waals surface area (Å²) in [6.45, 7) is 0.477. The fourth-order valence-electron chi connectivity index (χ4n) is 1.37. The summed E-state index contributed by atoms with van der Waals surface area (Å²) in [4.78, 5) is 11.8. The average Bonchev–Trinajstić information content (AvgIpc) is 2.38. The summed E-state index contributed by atoms with van der Waals surface area (Å²) in [6, 6.07) is 5.02. The molecular weight excluding hydrogens is 222 g/mol. The summed E-state index contributed by atoms with van der Waals surface area (Å²) < 4.78 is 10.2. The highest BCUT2D eigenvalue weighted by Crippen LogP contribution is 2.23. The Labute approximate surface area is 100 Å². The van der Waals surface area contributed by atoms with Crippen molar-refractivity contribution in [2.45, 2.75) is 6.42 Å². The van der Waals surface area contributed by atoms with Crippen LogP contribution in [0.25, 0.3) is 0 Å². The molecule has 2 N–H and O–H groups in total. The number of hydrogen-bond donors (Lipinski definition) is 2. The van der Waals surface area contributed by atoms with E-state index in [0.29, 0.717) is 30.0 Å². The summed E-state index contributed by atoms with van der Waals surface area (Å²) >= 11 is 0. The third kappa shape index (κ3) is 3.64. The maximum Gasteiger partial charge on any atom is 0.255 e. The van der Waals surface area contributed by atoms with Gasteiger partial charge in [-0.25, -0.2) is 0 Å². The van der Waals surface area contributed by atoms with Crippen LogP contribution in [-0.4, -0.2) is 38.4 Å². The van der Waals surface area contributed by atoms with Crippen molar-refractivity contribution in [2.75, 3.05) is 27.4 Å². The number of nitrogens with one attached hydrogen (secondary N) is 1. The molecule has 94 valence electrons. The Morgan fingerprint density at radius 3 is 2.71 bits per heavy atom. The fraction of sp³-hybridized carbons (Fsp3) is 0.417. The monoisotopic (exact) mass is 239 g/mol. The molecule has 0 heterocycles. The molecule has 0 aliphatic carbocycles. The molecule has 0 atom stereocenters. The average molecular weight is 239 g/mol. The van der Waals surface area contributed by atoms with E-state index in [0.717, 1.165) is 0 Å². The van der Waals surface area contributed by atoms with E-state index in [-0.39, 0.29) is 12.5 Å². The maximum absolute atomic E-state index is 11.8. The SMILES string of the molecule is COc1ccc(OC)c(C(=O)NCCCO)c1. The van der Waals surface area contributed by atoms with Gasteiger partial charge in [0.05, 0.1) is 19.8 Å². The molecule has 0 spiro atoms. The Morgan fingerprint density at radius 1 is 1.35 bits per heavy atom. The topological polar surface area (TPSA) is 67.8 Å². The number of aliphatic hydroxyl groups is 1. The molecular formula is C12H17NO4. The zero-order valence-electron chi connectivity index (χ0n) is 10.0.